The molecule has 0 aromatic rings. The Hall–Kier alpha value is 3.65. The third kappa shape index (κ3) is 81.5. The number of rotatable bonds is 0. The summed E-state index contributed by atoms with van der Waals surface area (Å²) < 4.78 is 0. The molecule has 0 aliphatic rings. The van der Waals surface area contributed by atoms with Crippen molar-refractivity contribution in [2.75, 3.05) is 0 Å². The molecule has 0 unspecified atom stereocenters. The summed E-state index contributed by atoms with van der Waals surface area (Å²) in [5.74, 6) is 0. The van der Waals surface area contributed by atoms with Crippen molar-refractivity contribution in [3.8, 4) is 0 Å². The van der Waals surface area contributed by atoms with Crippen LogP contribution in [-0.4, -0.2) is 23.1 Å². The Morgan fingerprint density at radius 2 is 0.444 bits per heavy atom. The van der Waals surface area contributed by atoms with Crippen LogP contribution in [0.5, 0.6) is 0 Å². The molecule has 0 saturated carbocycles. The first-order valence-corrected chi connectivity index (χ1v) is 0. The topological polar surface area (TPSA) is 0 Å². The van der Waals surface area contributed by atoms with Crippen LogP contribution in [0.2, 0.25) is 0 Å². The van der Waals surface area contributed by atoms with Crippen molar-refractivity contribution in [1.29, 1.82) is 0 Å². The maximum atomic E-state index is 0. The molecule has 0 aromatic carbocycles. The van der Waals surface area contributed by atoms with Crippen molar-refractivity contribution < 1.29 is 111 Å². The molecule has 0 heterocycles. The summed E-state index contributed by atoms with van der Waals surface area (Å²) in [6.45, 7) is 0. The summed E-state index contributed by atoms with van der Waals surface area (Å²) in [6, 6.07) is 0. The van der Waals surface area contributed by atoms with Crippen LogP contribution in [0.15, 0.2) is 0 Å². The summed E-state index contributed by atoms with van der Waals surface area (Å²) in [5.41, 5.74) is 0. The summed E-state index contributed by atoms with van der Waals surface area (Å²) in [6.07, 6.45) is 0. The molecule has 9 heavy (non-hydrogen) atoms. The molecule has 0 atom stereocenters. The summed E-state index contributed by atoms with van der Waals surface area (Å²) in [7, 11) is 0. The normalized spacial score (nSPS) is 0. The average Bonchev–Trinajstić information content (AvgIpc) is 0. The van der Waals surface area contributed by atoms with E-state index < -0.39 is 0 Å². The van der Waals surface area contributed by atoms with Gasteiger partial charge in [0.15, 0.2) is 0 Å². The van der Waals surface area contributed by atoms with Crippen LogP contribution in [0, 0.1) is 0 Å². The second kappa shape index (κ2) is 99.2. The van der Waals surface area contributed by atoms with Crippen molar-refractivity contribution >= 4 is 23.1 Å². The molecule has 0 N–H and O–H groups in total. The van der Waals surface area contributed by atoms with E-state index in [0.29, 0.717) is 0 Å². The molecule has 0 nitrogen and oxygen atoms in total. The van der Waals surface area contributed by atoms with Crippen LogP contribution in [0.25, 0.3) is 0 Å². The minimum atomic E-state index is 0. The van der Waals surface area contributed by atoms with E-state index in [0.717, 1.165) is 0 Å². The first-order chi connectivity index (χ1) is 0. The van der Waals surface area contributed by atoms with Gasteiger partial charge in [-0.2, -0.15) is 0 Å². The zero-order valence-corrected chi connectivity index (χ0v) is 14.2. The number of halogens is 6. The van der Waals surface area contributed by atoms with E-state index in [-0.39, 0.29) is 134 Å². The molecule has 53 valence electrons. The van der Waals surface area contributed by atoms with Gasteiger partial charge in [-0.1, -0.05) is 0 Å². The van der Waals surface area contributed by atoms with Crippen LogP contribution in [0.1, 0.15) is 0 Å². The van der Waals surface area contributed by atoms with Gasteiger partial charge in [0, 0.05) is 0 Å². The van der Waals surface area contributed by atoms with Crippen molar-refractivity contribution in [2.45, 2.75) is 0 Å². The van der Waals surface area contributed by atoms with Gasteiger partial charge in [-0.05, 0) is 0 Å². The molecular formula is Cl6MgMnZn. The van der Waals surface area contributed by atoms with Gasteiger partial charge in [-0.25, -0.2) is 0 Å². The summed E-state index contributed by atoms with van der Waals surface area (Å²) >= 11 is 0. The molecule has 0 amide bonds. The SMILES string of the molecule is [Cl-].[Cl-].[Cl-].[Cl-].[Cl-].[Cl-].[Mg+2].[Mn+2].[Zn+2]. The van der Waals surface area contributed by atoms with Crippen LogP contribution < -0.4 is 74.4 Å². The van der Waals surface area contributed by atoms with Gasteiger partial charge < -0.3 is 74.4 Å². The third-order valence-electron chi connectivity index (χ3n) is 0. The predicted octanol–water partition coefficient (Wildman–Crippen LogP) is -18.4. The van der Waals surface area contributed by atoms with Crippen molar-refractivity contribution in [3.05, 3.63) is 0 Å². The molecule has 0 fully saturated rings. The Bertz CT molecular complexity index is 13.0. The second-order valence-electron chi connectivity index (χ2n) is 0. The van der Waals surface area contributed by atoms with Crippen molar-refractivity contribution in [1.82, 2.24) is 0 Å². The fourth-order valence-electron chi connectivity index (χ4n) is 0. The maximum absolute atomic E-state index is 0. The van der Waals surface area contributed by atoms with Crippen molar-refractivity contribution in [2.24, 2.45) is 0 Å². The van der Waals surface area contributed by atoms with Gasteiger partial charge in [0.25, 0.3) is 0 Å². The smallest absolute Gasteiger partial charge is 1.00 e. The molecular weight excluding hydrogens is 357 g/mol. The van der Waals surface area contributed by atoms with E-state index >= 15 is 0 Å². The average molecular weight is 357 g/mol. The molecule has 0 bridgehead atoms. The Morgan fingerprint density at radius 1 is 0.444 bits per heavy atom. The van der Waals surface area contributed by atoms with Gasteiger partial charge in [0.2, 0.25) is 0 Å². The molecule has 0 saturated heterocycles. The van der Waals surface area contributed by atoms with Crippen LogP contribution >= 0.6 is 0 Å². The Balaban J connectivity index is 0. The minimum absolute atomic E-state index is 0. The zero-order chi connectivity index (χ0) is 0. The van der Waals surface area contributed by atoms with Crippen LogP contribution in [-0.2, 0) is 36.5 Å². The Kier molecular flexibility index (Phi) is 1420. The predicted molar refractivity (Wildman–Crippen MR) is 5.75 cm³/mol. The third-order valence-corrected chi connectivity index (χ3v) is 0. The quantitative estimate of drug-likeness (QED) is 0.378. The van der Waals surface area contributed by atoms with E-state index in [4.69, 9.17) is 0 Å². The van der Waals surface area contributed by atoms with E-state index in [1.165, 1.54) is 0 Å². The van der Waals surface area contributed by atoms with Crippen LogP contribution in [0.3, 0.4) is 0 Å². The molecule has 1 radical (unpaired) electrons. The Morgan fingerprint density at radius 3 is 0.444 bits per heavy atom. The second-order valence-corrected chi connectivity index (χ2v) is 0. The summed E-state index contributed by atoms with van der Waals surface area (Å²) in [5, 5.41) is 0. The minimum Gasteiger partial charge on any atom is -1.00 e. The monoisotopic (exact) mass is 353 g/mol. The molecule has 0 rings (SSSR count). The van der Waals surface area contributed by atoms with Gasteiger partial charge in [0.1, 0.15) is 0 Å². The fourth-order valence-corrected chi connectivity index (χ4v) is 0. The molecule has 0 aliphatic carbocycles. The first-order valence-electron chi connectivity index (χ1n) is 0. The van der Waals surface area contributed by atoms with Gasteiger partial charge >= 0.3 is 59.6 Å². The van der Waals surface area contributed by atoms with Crippen molar-refractivity contribution in [3.63, 3.8) is 0 Å². The van der Waals surface area contributed by atoms with Gasteiger partial charge in [0.05, 0.1) is 0 Å². The van der Waals surface area contributed by atoms with Gasteiger partial charge in [-0.15, -0.1) is 0 Å². The standard InChI is InChI=1S/6ClH.Mg.Mn.Zn/h6*1H;;;/q;;;;;;3*+2/p-6. The molecule has 0 aromatic heterocycles. The maximum Gasteiger partial charge on any atom is 2.00 e. The van der Waals surface area contributed by atoms with E-state index in [1.54, 1.807) is 0 Å². The van der Waals surface area contributed by atoms with Gasteiger partial charge in [-0.3, -0.25) is 0 Å². The number of hydrogen-bond acceptors (Lipinski definition) is 0. The fraction of sp³-hybridized carbons (Fsp3) is 0. The number of hydrogen-bond donors (Lipinski definition) is 0. The first kappa shape index (κ1) is 129. The van der Waals surface area contributed by atoms with Crippen LogP contribution in [0.4, 0.5) is 0 Å². The summed E-state index contributed by atoms with van der Waals surface area (Å²) in [4.78, 5) is 0. The Labute approximate surface area is 132 Å². The molecule has 0 spiro atoms. The van der Waals surface area contributed by atoms with E-state index in [9.17, 15) is 0 Å². The largest absolute Gasteiger partial charge is 2.00 e. The molecule has 0 aliphatic heterocycles. The zero-order valence-electron chi connectivity index (χ0n) is 4.06. The van der Waals surface area contributed by atoms with E-state index in [2.05, 4.69) is 0 Å². The van der Waals surface area contributed by atoms with E-state index in [1.807, 2.05) is 0 Å². The molecule has 9 heteroatoms.